The fourth-order valence-corrected chi connectivity index (χ4v) is 3.89. The van der Waals surface area contributed by atoms with E-state index in [2.05, 4.69) is 0 Å². The molecule has 31 heavy (non-hydrogen) atoms. The van der Waals surface area contributed by atoms with Crippen LogP contribution in [0.4, 0.5) is 0 Å². The molecule has 0 bridgehead atoms. The SMILES string of the molecule is [2H]C(C(=O)O)(C(CC(=O)O)n1c(O)cc(S(=O)(=O)O)c1O)n1c(O)cc(S(=O)(=O)O)c1O. The summed E-state index contributed by atoms with van der Waals surface area (Å²) >= 11 is 0. The van der Waals surface area contributed by atoms with E-state index in [0.717, 1.165) is 0 Å². The molecular weight excluding hydrogens is 472 g/mol. The van der Waals surface area contributed by atoms with Crippen LogP contribution in [-0.4, -0.2) is 77.7 Å². The number of hydrogen-bond acceptors (Lipinski definition) is 10. The summed E-state index contributed by atoms with van der Waals surface area (Å²) in [4.78, 5) is 20.5. The van der Waals surface area contributed by atoms with E-state index >= 15 is 0 Å². The first kappa shape index (κ1) is 22.2. The van der Waals surface area contributed by atoms with Crippen LogP contribution in [0.2, 0.25) is 0 Å². The molecule has 0 spiro atoms. The zero-order valence-electron chi connectivity index (χ0n) is 15.7. The highest BCUT2D eigenvalue weighted by Crippen LogP contribution is 2.44. The van der Waals surface area contributed by atoms with Crippen molar-refractivity contribution in [3.05, 3.63) is 12.1 Å². The summed E-state index contributed by atoms with van der Waals surface area (Å²) in [6.07, 6.45) is -1.52. The average molecular weight is 487 g/mol. The second kappa shape index (κ2) is 7.65. The molecule has 172 valence electrons. The topological polar surface area (TPSA) is 274 Å². The van der Waals surface area contributed by atoms with Crippen LogP contribution in [0.1, 0.15) is 19.9 Å². The van der Waals surface area contributed by atoms with Crippen molar-refractivity contribution in [2.45, 2.75) is 28.3 Å². The fraction of sp³-hybridized carbons (Fsp3) is 0.231. The second-order valence-electron chi connectivity index (χ2n) is 5.84. The van der Waals surface area contributed by atoms with Gasteiger partial charge in [0.15, 0.2) is 27.6 Å². The molecule has 2 heterocycles. The van der Waals surface area contributed by atoms with Crippen LogP contribution in [-0.2, 0) is 29.8 Å². The Labute approximate surface area is 173 Å². The van der Waals surface area contributed by atoms with Crippen molar-refractivity contribution in [1.29, 1.82) is 0 Å². The van der Waals surface area contributed by atoms with E-state index in [4.69, 9.17) is 15.6 Å². The molecule has 0 aliphatic carbocycles. The van der Waals surface area contributed by atoms with Gasteiger partial charge in [-0.3, -0.25) is 23.0 Å². The Morgan fingerprint density at radius 2 is 1.26 bits per heavy atom. The molecular formula is C13H14N2O14S2. The van der Waals surface area contributed by atoms with E-state index in [-0.39, 0.29) is 21.3 Å². The third-order valence-corrected chi connectivity index (χ3v) is 5.60. The van der Waals surface area contributed by atoms with Gasteiger partial charge in [0.25, 0.3) is 20.2 Å². The molecule has 0 aliphatic heterocycles. The smallest absolute Gasteiger partial charge is 0.329 e. The highest BCUT2D eigenvalue weighted by Gasteiger charge is 2.41. The summed E-state index contributed by atoms with van der Waals surface area (Å²) < 4.78 is 71.4. The molecule has 0 radical (unpaired) electrons. The van der Waals surface area contributed by atoms with E-state index < -0.39 is 84.0 Å². The van der Waals surface area contributed by atoms with Gasteiger partial charge in [0.1, 0.15) is 0 Å². The Kier molecular flexibility index (Phi) is 5.48. The summed E-state index contributed by atoms with van der Waals surface area (Å²) in [7, 11) is -10.6. The predicted octanol–water partition coefficient (Wildman–Crippen LogP) is -1.05. The summed E-state index contributed by atoms with van der Waals surface area (Å²) in [5.74, 6) is -10.6. The summed E-state index contributed by atoms with van der Waals surface area (Å²) in [6.45, 7) is 0. The predicted molar refractivity (Wildman–Crippen MR) is 93.1 cm³/mol. The monoisotopic (exact) mass is 487 g/mol. The number of nitrogens with zero attached hydrogens (tertiary/aromatic N) is 2. The van der Waals surface area contributed by atoms with Gasteiger partial charge in [0.2, 0.25) is 11.8 Å². The van der Waals surface area contributed by atoms with E-state index in [1.807, 2.05) is 0 Å². The van der Waals surface area contributed by atoms with Crippen molar-refractivity contribution in [2.24, 2.45) is 0 Å². The molecule has 0 fully saturated rings. The van der Waals surface area contributed by atoms with Crippen molar-refractivity contribution in [3.8, 4) is 23.5 Å². The molecule has 0 amide bonds. The number of carbonyl (C=O) groups is 2. The minimum Gasteiger partial charge on any atom is -0.494 e. The lowest BCUT2D eigenvalue weighted by atomic mass is 10.0. The minimum absolute atomic E-state index is 0.119. The Balaban J connectivity index is 2.99. The van der Waals surface area contributed by atoms with Crippen LogP contribution in [0.5, 0.6) is 23.5 Å². The first-order chi connectivity index (χ1) is 14.3. The molecule has 0 saturated carbocycles. The molecule has 2 unspecified atom stereocenters. The van der Waals surface area contributed by atoms with E-state index in [1.165, 1.54) is 0 Å². The van der Waals surface area contributed by atoms with Gasteiger partial charge in [-0.05, 0) is 0 Å². The van der Waals surface area contributed by atoms with E-state index in [0.29, 0.717) is 0 Å². The average Bonchev–Trinajstić information content (AvgIpc) is 3.07. The van der Waals surface area contributed by atoms with Gasteiger partial charge in [-0.15, -0.1) is 0 Å². The maximum atomic E-state index is 12.0. The molecule has 16 nitrogen and oxygen atoms in total. The van der Waals surface area contributed by atoms with E-state index in [9.17, 15) is 52.0 Å². The number of hydrogen-bond donors (Lipinski definition) is 8. The Bertz CT molecular complexity index is 1320. The first-order valence-corrected chi connectivity index (χ1v) is 10.4. The Morgan fingerprint density at radius 3 is 1.58 bits per heavy atom. The molecule has 8 N–H and O–H groups in total. The maximum absolute atomic E-state index is 12.0. The molecule has 2 atom stereocenters. The molecule has 2 aromatic heterocycles. The molecule has 18 heteroatoms. The quantitative estimate of drug-likeness (QED) is 0.206. The van der Waals surface area contributed by atoms with Crippen LogP contribution in [0.3, 0.4) is 0 Å². The van der Waals surface area contributed by atoms with Crippen molar-refractivity contribution < 1.29 is 67.5 Å². The van der Waals surface area contributed by atoms with Gasteiger partial charge in [-0.2, -0.15) is 16.8 Å². The normalized spacial score (nSPS) is 15.7. The zero-order chi connectivity index (χ0) is 25.0. The summed E-state index contributed by atoms with van der Waals surface area (Å²) in [6, 6.07) is -6.04. The maximum Gasteiger partial charge on any atom is 0.329 e. The van der Waals surface area contributed by atoms with Crippen molar-refractivity contribution in [3.63, 3.8) is 0 Å². The van der Waals surface area contributed by atoms with Gasteiger partial charge >= 0.3 is 11.9 Å². The Morgan fingerprint density at radius 1 is 0.871 bits per heavy atom. The minimum atomic E-state index is -5.31. The number of aliphatic carboxylic acids is 2. The van der Waals surface area contributed by atoms with Crippen LogP contribution < -0.4 is 0 Å². The third-order valence-electron chi connectivity index (χ3n) is 3.89. The second-order valence-corrected chi connectivity index (χ2v) is 8.62. The highest BCUT2D eigenvalue weighted by molar-refractivity contribution is 7.86. The number of carboxylic acid groups (broad SMARTS) is 2. The first-order valence-electron chi connectivity index (χ1n) is 8.02. The molecule has 0 aliphatic rings. The Hall–Kier alpha value is -3.48. The van der Waals surface area contributed by atoms with Crippen molar-refractivity contribution in [2.75, 3.05) is 0 Å². The van der Waals surface area contributed by atoms with Gasteiger partial charge < -0.3 is 30.6 Å². The summed E-state index contributed by atoms with van der Waals surface area (Å²) in [5.41, 5.74) is 0. The molecule has 0 aromatic carbocycles. The lowest BCUT2D eigenvalue weighted by molar-refractivity contribution is -0.144. The zero-order valence-corrected chi connectivity index (χ0v) is 16.3. The number of carboxylic acids is 2. The van der Waals surface area contributed by atoms with Crippen LogP contribution in [0.15, 0.2) is 21.9 Å². The number of aromatic nitrogens is 2. The van der Waals surface area contributed by atoms with Gasteiger partial charge in [-0.25, -0.2) is 4.79 Å². The fourth-order valence-electron chi connectivity index (χ4n) is 2.73. The highest BCUT2D eigenvalue weighted by atomic mass is 32.2. The number of rotatable bonds is 8. The molecule has 0 saturated heterocycles. The van der Waals surface area contributed by atoms with Crippen LogP contribution in [0, 0.1) is 0 Å². The van der Waals surface area contributed by atoms with Gasteiger partial charge in [0.05, 0.1) is 13.8 Å². The van der Waals surface area contributed by atoms with Gasteiger partial charge in [-0.1, -0.05) is 0 Å². The third kappa shape index (κ3) is 4.35. The standard InChI is InChI=1S/C13H14N2O14S2/c16-7-2-5(30(24,25)26)11(20)14(7)4(1-9(18)19)10(13(22)23)15-8(17)3-6(12(15)21)31(27,28)29/h2-4,10,16-17,20-21H,1H2,(H,18,19)(H,22,23)(H,24,25,26)(H,27,28,29)/i10D. The van der Waals surface area contributed by atoms with Crippen LogP contribution in [0.25, 0.3) is 0 Å². The van der Waals surface area contributed by atoms with Crippen molar-refractivity contribution in [1.82, 2.24) is 9.13 Å². The van der Waals surface area contributed by atoms with Gasteiger partial charge in [0, 0.05) is 12.1 Å². The summed E-state index contributed by atoms with van der Waals surface area (Å²) in [5, 5.41) is 59.0. The van der Waals surface area contributed by atoms with E-state index in [1.54, 1.807) is 0 Å². The lowest BCUT2D eigenvalue weighted by Gasteiger charge is -2.27. The molecule has 2 aromatic rings. The van der Waals surface area contributed by atoms with Crippen LogP contribution >= 0.6 is 0 Å². The number of aromatic hydroxyl groups is 4. The molecule has 2 rings (SSSR count). The van der Waals surface area contributed by atoms with Crippen molar-refractivity contribution >= 4 is 32.2 Å². The largest absolute Gasteiger partial charge is 0.494 e. The lowest BCUT2D eigenvalue weighted by Crippen LogP contribution is -2.30.